The molecule has 0 aromatic carbocycles. The first-order chi connectivity index (χ1) is 8.90. The van der Waals surface area contributed by atoms with Crippen LogP contribution in [0.5, 0.6) is 0 Å². The van der Waals surface area contributed by atoms with E-state index in [1.807, 2.05) is 6.92 Å². The lowest BCUT2D eigenvalue weighted by molar-refractivity contribution is -0.137. The van der Waals surface area contributed by atoms with Crippen LogP contribution < -0.4 is 5.73 Å². The van der Waals surface area contributed by atoms with Crippen LogP contribution in [0.2, 0.25) is 0 Å². The summed E-state index contributed by atoms with van der Waals surface area (Å²) in [7, 11) is -2.40. The molecule has 2 N–H and O–H groups in total. The number of hydrogen-bond donors (Lipinski definition) is 1. The molecule has 0 aromatic rings. The van der Waals surface area contributed by atoms with E-state index < -0.39 is 21.7 Å². The maximum atomic E-state index is 12.3. The molecule has 0 spiro atoms. The molecule has 1 aliphatic rings. The van der Waals surface area contributed by atoms with Crippen LogP contribution >= 0.6 is 0 Å². The lowest BCUT2D eigenvalue weighted by atomic mass is 9.92. The van der Waals surface area contributed by atoms with Gasteiger partial charge in [-0.2, -0.15) is 4.31 Å². The van der Waals surface area contributed by atoms with Crippen molar-refractivity contribution in [3.05, 3.63) is 0 Å². The molecule has 7 heteroatoms. The van der Waals surface area contributed by atoms with Crippen LogP contribution in [0.4, 0.5) is 0 Å². The number of nitrogens with two attached hydrogens (primary N) is 1. The molecule has 0 unspecified atom stereocenters. The summed E-state index contributed by atoms with van der Waals surface area (Å²) in [5.74, 6) is -1.29. The van der Waals surface area contributed by atoms with Gasteiger partial charge >= 0.3 is 5.97 Å². The topological polar surface area (TPSA) is 89.7 Å². The largest absolute Gasteiger partial charge is 0.468 e. The molecule has 0 atom stereocenters. The first-order valence-corrected chi connectivity index (χ1v) is 8.33. The normalized spacial score (nSPS) is 24.4. The summed E-state index contributed by atoms with van der Waals surface area (Å²) in [6.45, 7) is 2.37. The zero-order valence-electron chi connectivity index (χ0n) is 11.7. The minimum atomic E-state index is -3.59. The minimum Gasteiger partial charge on any atom is -0.468 e. The first-order valence-electron chi connectivity index (χ1n) is 6.72. The SMILES string of the molecule is CCCN(C1CCC(N)CC1)S(=O)(=O)CC(=O)OC. The van der Waals surface area contributed by atoms with Crippen molar-refractivity contribution < 1.29 is 17.9 Å². The van der Waals surface area contributed by atoms with Crippen molar-refractivity contribution in [2.75, 3.05) is 19.4 Å². The van der Waals surface area contributed by atoms with Crippen molar-refractivity contribution in [3.63, 3.8) is 0 Å². The van der Waals surface area contributed by atoms with E-state index in [9.17, 15) is 13.2 Å². The Morgan fingerprint density at radius 1 is 1.32 bits per heavy atom. The summed E-state index contributed by atoms with van der Waals surface area (Å²) in [6.07, 6.45) is 3.92. The van der Waals surface area contributed by atoms with Crippen molar-refractivity contribution in [1.29, 1.82) is 0 Å². The van der Waals surface area contributed by atoms with Crippen LogP contribution in [0, 0.1) is 0 Å². The van der Waals surface area contributed by atoms with Crippen molar-refractivity contribution in [3.8, 4) is 0 Å². The summed E-state index contributed by atoms with van der Waals surface area (Å²) in [6, 6.07) is 0.137. The van der Waals surface area contributed by atoms with Gasteiger partial charge in [0.2, 0.25) is 10.0 Å². The number of methoxy groups -OCH3 is 1. The maximum absolute atomic E-state index is 12.3. The van der Waals surface area contributed by atoms with E-state index in [1.54, 1.807) is 0 Å². The molecule has 112 valence electrons. The van der Waals surface area contributed by atoms with E-state index in [4.69, 9.17) is 5.73 Å². The molecule has 0 amide bonds. The highest BCUT2D eigenvalue weighted by Gasteiger charge is 2.33. The summed E-state index contributed by atoms with van der Waals surface area (Å²) < 4.78 is 30.5. The third-order valence-electron chi connectivity index (χ3n) is 3.48. The van der Waals surface area contributed by atoms with Gasteiger partial charge in [0.1, 0.15) is 0 Å². The standard InChI is InChI=1S/C12H24N2O4S/c1-3-8-14(11-6-4-10(13)5-7-11)19(16,17)9-12(15)18-2/h10-11H,3-9,13H2,1-2H3. The number of rotatable bonds is 6. The number of sulfonamides is 1. The van der Waals surface area contributed by atoms with Crippen LogP contribution in [0.15, 0.2) is 0 Å². The van der Waals surface area contributed by atoms with Crippen LogP contribution in [0.25, 0.3) is 0 Å². The molecule has 0 aliphatic heterocycles. The van der Waals surface area contributed by atoms with E-state index in [0.717, 1.165) is 32.1 Å². The number of nitrogens with zero attached hydrogens (tertiary/aromatic N) is 1. The average Bonchev–Trinajstić information content (AvgIpc) is 2.36. The predicted octanol–water partition coefficient (Wildman–Crippen LogP) is 0.471. The number of carbonyl (C=O) groups excluding carboxylic acids is 1. The van der Waals surface area contributed by atoms with Crippen LogP contribution in [-0.4, -0.2) is 50.2 Å². The summed E-state index contributed by atoms with van der Waals surface area (Å²) in [5, 5.41) is 0. The Morgan fingerprint density at radius 2 is 1.89 bits per heavy atom. The highest BCUT2D eigenvalue weighted by atomic mass is 32.2. The third kappa shape index (κ3) is 4.74. The summed E-state index contributed by atoms with van der Waals surface area (Å²) in [5.41, 5.74) is 5.84. The molecule has 0 bridgehead atoms. The van der Waals surface area contributed by atoms with Crippen LogP contribution in [0.1, 0.15) is 39.0 Å². The Morgan fingerprint density at radius 3 is 2.37 bits per heavy atom. The third-order valence-corrected chi connectivity index (χ3v) is 5.27. The molecule has 0 heterocycles. The van der Waals surface area contributed by atoms with E-state index in [-0.39, 0.29) is 12.1 Å². The molecule has 1 aliphatic carbocycles. The molecule has 1 saturated carbocycles. The second kappa shape index (κ2) is 7.21. The number of carbonyl (C=O) groups is 1. The maximum Gasteiger partial charge on any atom is 0.322 e. The van der Waals surface area contributed by atoms with Gasteiger partial charge in [-0.15, -0.1) is 0 Å². The van der Waals surface area contributed by atoms with Gasteiger partial charge in [0.15, 0.2) is 5.75 Å². The molecule has 19 heavy (non-hydrogen) atoms. The minimum absolute atomic E-state index is 0.0330. The van der Waals surface area contributed by atoms with Gasteiger partial charge < -0.3 is 10.5 Å². The molecule has 0 aromatic heterocycles. The Labute approximate surface area is 115 Å². The smallest absolute Gasteiger partial charge is 0.322 e. The Bertz CT molecular complexity index is 389. The second-order valence-corrected chi connectivity index (χ2v) is 6.93. The van der Waals surface area contributed by atoms with E-state index >= 15 is 0 Å². The molecule has 0 saturated heterocycles. The average molecular weight is 292 g/mol. The van der Waals surface area contributed by atoms with E-state index in [2.05, 4.69) is 4.74 Å². The van der Waals surface area contributed by atoms with Gasteiger partial charge in [-0.05, 0) is 32.1 Å². The summed E-state index contributed by atoms with van der Waals surface area (Å²) >= 11 is 0. The summed E-state index contributed by atoms with van der Waals surface area (Å²) in [4.78, 5) is 11.2. The van der Waals surface area contributed by atoms with Gasteiger partial charge in [0, 0.05) is 18.6 Å². The van der Waals surface area contributed by atoms with Crippen molar-refractivity contribution >= 4 is 16.0 Å². The number of hydrogen-bond acceptors (Lipinski definition) is 5. The van der Waals surface area contributed by atoms with E-state index in [1.165, 1.54) is 11.4 Å². The zero-order chi connectivity index (χ0) is 14.5. The lowest BCUT2D eigenvalue weighted by Crippen LogP contribution is -2.46. The highest BCUT2D eigenvalue weighted by Crippen LogP contribution is 2.24. The van der Waals surface area contributed by atoms with Gasteiger partial charge in [0.25, 0.3) is 0 Å². The Balaban J connectivity index is 2.78. The fourth-order valence-corrected chi connectivity index (χ4v) is 4.16. The monoisotopic (exact) mass is 292 g/mol. The fourth-order valence-electron chi connectivity index (χ4n) is 2.45. The van der Waals surface area contributed by atoms with Gasteiger partial charge in [-0.1, -0.05) is 6.92 Å². The fraction of sp³-hybridized carbons (Fsp3) is 0.917. The molecule has 1 fully saturated rings. The molecule has 1 rings (SSSR count). The number of esters is 1. The quantitative estimate of drug-likeness (QED) is 0.719. The van der Waals surface area contributed by atoms with Gasteiger partial charge in [-0.25, -0.2) is 8.42 Å². The Hall–Kier alpha value is -0.660. The van der Waals surface area contributed by atoms with Crippen LogP contribution in [-0.2, 0) is 19.6 Å². The first kappa shape index (κ1) is 16.4. The second-order valence-electron chi connectivity index (χ2n) is 5.01. The van der Waals surface area contributed by atoms with Crippen molar-refractivity contribution in [2.24, 2.45) is 5.73 Å². The van der Waals surface area contributed by atoms with Crippen molar-refractivity contribution in [1.82, 2.24) is 4.31 Å². The van der Waals surface area contributed by atoms with Crippen LogP contribution in [0.3, 0.4) is 0 Å². The van der Waals surface area contributed by atoms with Crippen molar-refractivity contribution in [2.45, 2.75) is 51.1 Å². The predicted molar refractivity (Wildman–Crippen MR) is 73.0 cm³/mol. The van der Waals surface area contributed by atoms with E-state index in [0.29, 0.717) is 6.54 Å². The molecule has 6 nitrogen and oxygen atoms in total. The van der Waals surface area contributed by atoms with Gasteiger partial charge in [-0.3, -0.25) is 4.79 Å². The highest BCUT2D eigenvalue weighted by molar-refractivity contribution is 7.89. The molecular formula is C12H24N2O4S. The van der Waals surface area contributed by atoms with Gasteiger partial charge in [0.05, 0.1) is 7.11 Å². The Kier molecular flexibility index (Phi) is 6.22. The lowest BCUT2D eigenvalue weighted by Gasteiger charge is -2.34. The zero-order valence-corrected chi connectivity index (χ0v) is 12.5. The number of ether oxygens (including phenoxy) is 1. The molecule has 0 radical (unpaired) electrons. The molecular weight excluding hydrogens is 268 g/mol.